The van der Waals surface area contributed by atoms with Crippen molar-refractivity contribution in [3.8, 4) is 0 Å². The first-order valence-electron chi connectivity index (χ1n) is 13.6. The van der Waals surface area contributed by atoms with E-state index in [0.29, 0.717) is 13.2 Å². The first-order chi connectivity index (χ1) is 18.9. The Bertz CT molecular complexity index is 1110. The highest BCUT2D eigenvalue weighted by molar-refractivity contribution is 7.99. The second-order valence-electron chi connectivity index (χ2n) is 10.5. The summed E-state index contributed by atoms with van der Waals surface area (Å²) in [7, 11) is 0. The molecular weight excluding hydrogens is 518 g/mol. The molecular formula is C29H37N3O6S. The van der Waals surface area contributed by atoms with Crippen molar-refractivity contribution in [3.05, 3.63) is 76.7 Å². The molecule has 5 unspecified atom stereocenters. The molecule has 3 aliphatic rings. The van der Waals surface area contributed by atoms with Gasteiger partial charge in [0.25, 0.3) is 0 Å². The van der Waals surface area contributed by atoms with Gasteiger partial charge in [-0.1, -0.05) is 79.3 Å². The molecule has 0 aromatic heterocycles. The third kappa shape index (κ3) is 6.61. The van der Waals surface area contributed by atoms with Crippen LogP contribution in [0.4, 0.5) is 0 Å². The molecule has 3 fully saturated rings. The number of hydrogen-bond donors (Lipinski definition) is 0. The quantitative estimate of drug-likeness (QED) is 0.226. The van der Waals surface area contributed by atoms with Gasteiger partial charge in [-0.2, -0.15) is 0 Å². The van der Waals surface area contributed by atoms with E-state index in [9.17, 15) is 5.53 Å². The van der Waals surface area contributed by atoms with Gasteiger partial charge in [-0.3, -0.25) is 0 Å². The van der Waals surface area contributed by atoms with Crippen LogP contribution in [0.2, 0.25) is 0 Å². The monoisotopic (exact) mass is 555 g/mol. The van der Waals surface area contributed by atoms with Crippen LogP contribution in [0, 0.1) is 11.8 Å². The lowest BCUT2D eigenvalue weighted by molar-refractivity contribution is -0.345. The largest absolute Gasteiger partial charge is 0.370 e. The van der Waals surface area contributed by atoms with Crippen molar-refractivity contribution >= 4 is 11.8 Å². The predicted molar refractivity (Wildman–Crippen MR) is 147 cm³/mol. The van der Waals surface area contributed by atoms with Crippen LogP contribution in [-0.2, 0) is 35.0 Å². The Hall–Kier alpha value is -2.14. The molecule has 0 N–H and O–H groups in total. The predicted octanol–water partition coefficient (Wildman–Crippen LogP) is 5.93. The zero-order valence-corrected chi connectivity index (χ0v) is 23.6. The van der Waals surface area contributed by atoms with Crippen LogP contribution in [0.25, 0.3) is 10.4 Å². The Morgan fingerprint density at radius 2 is 1.64 bits per heavy atom. The summed E-state index contributed by atoms with van der Waals surface area (Å²) in [4.78, 5) is 4.24. The average molecular weight is 556 g/mol. The maximum atomic E-state index is 9.37. The zero-order chi connectivity index (χ0) is 27.4. The van der Waals surface area contributed by atoms with Gasteiger partial charge in [-0.05, 0) is 43.0 Å². The van der Waals surface area contributed by atoms with Gasteiger partial charge in [-0.15, -0.1) is 0 Å². The molecule has 3 aliphatic heterocycles. The summed E-state index contributed by atoms with van der Waals surface area (Å²) in [6.07, 6.45) is -2.76. The Kier molecular flexibility index (Phi) is 9.48. The minimum atomic E-state index is -0.790. The first-order valence-corrected chi connectivity index (χ1v) is 14.5. The number of azide groups is 1. The van der Waals surface area contributed by atoms with E-state index in [1.165, 1.54) is 0 Å². The van der Waals surface area contributed by atoms with E-state index in [0.717, 1.165) is 10.5 Å². The van der Waals surface area contributed by atoms with Gasteiger partial charge in [0.15, 0.2) is 12.6 Å². The zero-order valence-electron chi connectivity index (χ0n) is 22.7. The minimum absolute atomic E-state index is 0.00556. The molecule has 0 amide bonds. The number of rotatable bonds is 8. The summed E-state index contributed by atoms with van der Waals surface area (Å²) < 4.78 is 37.8. The Balaban J connectivity index is 1.37. The summed E-state index contributed by atoms with van der Waals surface area (Å²) in [6.45, 7) is 8.82. The second-order valence-corrected chi connectivity index (χ2v) is 11.6. The summed E-state index contributed by atoms with van der Waals surface area (Å²) in [6, 6.07) is 19.8. The van der Waals surface area contributed by atoms with Gasteiger partial charge in [0.2, 0.25) is 0 Å². The van der Waals surface area contributed by atoms with E-state index >= 15 is 0 Å². The fourth-order valence-corrected chi connectivity index (χ4v) is 6.72. The van der Waals surface area contributed by atoms with Gasteiger partial charge in [0.1, 0.15) is 17.6 Å². The van der Waals surface area contributed by atoms with Crippen molar-refractivity contribution in [2.24, 2.45) is 17.0 Å². The normalized spacial score (nSPS) is 38.4. The lowest BCUT2D eigenvalue weighted by Crippen LogP contribution is -2.62. The third-order valence-electron chi connectivity index (χ3n) is 7.69. The highest BCUT2D eigenvalue weighted by Gasteiger charge is 2.51. The molecule has 2 aromatic carbocycles. The Morgan fingerprint density at radius 1 is 0.923 bits per heavy atom. The number of thioether (sulfide) groups is 1. The summed E-state index contributed by atoms with van der Waals surface area (Å²) in [5.41, 5.74) is 10.3. The molecule has 0 spiro atoms. The van der Waals surface area contributed by atoms with Crippen molar-refractivity contribution in [2.75, 3.05) is 6.61 Å². The van der Waals surface area contributed by atoms with E-state index in [4.69, 9.17) is 28.4 Å². The van der Waals surface area contributed by atoms with Gasteiger partial charge in [0, 0.05) is 15.7 Å². The van der Waals surface area contributed by atoms with Crippen LogP contribution in [0.5, 0.6) is 0 Å². The molecule has 9 nitrogen and oxygen atoms in total. The highest BCUT2D eigenvalue weighted by atomic mass is 32.2. The SMILES string of the molecule is CC1OCC2O[C@@H](O[C@@H]3C(C)O[C@@H](Sc4ccccc4)C(C)[C@@H]3OCc3ccccc3)C(N=[N+]=[N-])[C@@H](C)[C@@H]2O1. The van der Waals surface area contributed by atoms with E-state index in [-0.39, 0.29) is 48.0 Å². The van der Waals surface area contributed by atoms with Crippen molar-refractivity contribution in [1.82, 2.24) is 0 Å². The van der Waals surface area contributed by atoms with E-state index in [1.807, 2.05) is 69.3 Å². The second kappa shape index (κ2) is 13.0. The first kappa shape index (κ1) is 28.4. The fourth-order valence-electron chi connectivity index (χ4n) is 5.54. The molecule has 0 aliphatic carbocycles. The summed E-state index contributed by atoms with van der Waals surface area (Å²) in [5.74, 6) is -0.132. The number of hydrogen-bond acceptors (Lipinski definition) is 8. The number of ether oxygens (including phenoxy) is 6. The topological polar surface area (TPSA) is 104 Å². The molecule has 39 heavy (non-hydrogen) atoms. The van der Waals surface area contributed by atoms with Crippen LogP contribution in [0.3, 0.4) is 0 Å². The standard InChI is InChI=1S/C29H37N3O6S/c1-17-24(31-32-30)28(37-23-16-33-20(4)36-25(17)23)38-27-19(3)35-29(39-22-13-9-6-10-14-22)18(2)26(27)34-15-21-11-7-5-8-12-21/h5-14,17-20,23-29H,15-16H2,1-4H3/t17-,18?,19?,20?,23?,24?,25+,26+,27-,28+,29+/m1/s1. The fraction of sp³-hybridized carbons (Fsp3) is 0.586. The molecule has 11 atom stereocenters. The van der Waals surface area contributed by atoms with Crippen LogP contribution in [0.1, 0.15) is 33.3 Å². The summed E-state index contributed by atoms with van der Waals surface area (Å²) in [5, 5.41) is 4.09. The van der Waals surface area contributed by atoms with E-state index in [1.54, 1.807) is 11.8 Å². The lowest BCUT2D eigenvalue weighted by Gasteiger charge is -2.50. The van der Waals surface area contributed by atoms with Gasteiger partial charge in [-0.25, -0.2) is 0 Å². The maximum absolute atomic E-state index is 9.37. The van der Waals surface area contributed by atoms with Crippen molar-refractivity contribution in [2.45, 2.75) is 93.8 Å². The van der Waals surface area contributed by atoms with Crippen LogP contribution in [-0.4, -0.2) is 61.2 Å². The van der Waals surface area contributed by atoms with E-state index < -0.39 is 18.4 Å². The Labute approximate surface area is 234 Å². The lowest BCUT2D eigenvalue weighted by atomic mass is 9.88. The van der Waals surface area contributed by atoms with Gasteiger partial charge in [0.05, 0.1) is 37.6 Å². The molecule has 0 bridgehead atoms. The maximum Gasteiger partial charge on any atom is 0.167 e. The number of benzene rings is 2. The van der Waals surface area contributed by atoms with Gasteiger partial charge < -0.3 is 28.4 Å². The molecule has 5 rings (SSSR count). The minimum Gasteiger partial charge on any atom is -0.370 e. The van der Waals surface area contributed by atoms with Crippen molar-refractivity contribution in [3.63, 3.8) is 0 Å². The molecule has 10 heteroatoms. The third-order valence-corrected chi connectivity index (χ3v) is 9.01. The number of fused-ring (bicyclic) bond motifs is 1. The van der Waals surface area contributed by atoms with Gasteiger partial charge >= 0.3 is 0 Å². The molecule has 0 radical (unpaired) electrons. The van der Waals surface area contributed by atoms with Crippen molar-refractivity contribution in [1.29, 1.82) is 0 Å². The Morgan fingerprint density at radius 3 is 2.36 bits per heavy atom. The number of nitrogens with zero attached hydrogens (tertiary/aromatic N) is 3. The molecule has 3 saturated heterocycles. The van der Waals surface area contributed by atoms with Crippen molar-refractivity contribution < 1.29 is 28.4 Å². The molecule has 0 saturated carbocycles. The van der Waals surface area contributed by atoms with Crippen LogP contribution in [0.15, 0.2) is 70.7 Å². The molecule has 2 aromatic rings. The average Bonchev–Trinajstić information content (AvgIpc) is 2.94. The van der Waals surface area contributed by atoms with E-state index in [2.05, 4.69) is 29.1 Å². The molecule has 210 valence electrons. The highest BCUT2D eigenvalue weighted by Crippen LogP contribution is 2.41. The van der Waals surface area contributed by atoms with Crippen LogP contribution >= 0.6 is 11.8 Å². The smallest absolute Gasteiger partial charge is 0.167 e. The molecule has 3 heterocycles. The summed E-state index contributed by atoms with van der Waals surface area (Å²) >= 11 is 1.69. The van der Waals surface area contributed by atoms with Crippen LogP contribution < -0.4 is 0 Å².